The Balaban J connectivity index is 1.70. The molecular weight excluding hydrogens is 420 g/mol. The standard InChI is InChI=1S/C26H24N2O3S/c1-3-16-31-22-15-14-19(17-23(22)30-2)18-24-25(29)28(21-12-8-5-9-13-21)26(32-24)27-20-10-6-4-7-11-20/h4-15,17-18H,3,16H2,1-2H3/b24-18-,27-26?. The molecule has 6 heteroatoms. The minimum absolute atomic E-state index is 0.110. The Hall–Kier alpha value is -3.51. The predicted octanol–water partition coefficient (Wildman–Crippen LogP) is 6.29. The number of thioether (sulfide) groups is 1. The lowest BCUT2D eigenvalue weighted by Crippen LogP contribution is -2.28. The minimum Gasteiger partial charge on any atom is -0.493 e. The average Bonchev–Trinajstić information content (AvgIpc) is 3.13. The second kappa shape index (κ2) is 10.2. The molecule has 32 heavy (non-hydrogen) atoms. The third-order valence-corrected chi connectivity index (χ3v) is 5.72. The van der Waals surface area contributed by atoms with Gasteiger partial charge in [0.1, 0.15) is 0 Å². The Morgan fingerprint density at radius 3 is 2.38 bits per heavy atom. The van der Waals surface area contributed by atoms with E-state index in [1.165, 1.54) is 11.8 Å². The molecule has 5 nitrogen and oxygen atoms in total. The maximum absolute atomic E-state index is 13.4. The predicted molar refractivity (Wildman–Crippen MR) is 132 cm³/mol. The van der Waals surface area contributed by atoms with Crippen LogP contribution >= 0.6 is 11.8 Å². The number of hydrogen-bond acceptors (Lipinski definition) is 5. The summed E-state index contributed by atoms with van der Waals surface area (Å²) in [6, 6.07) is 24.9. The van der Waals surface area contributed by atoms with Gasteiger partial charge in [0.25, 0.3) is 5.91 Å². The number of methoxy groups -OCH3 is 1. The molecular formula is C26H24N2O3S. The van der Waals surface area contributed by atoms with Crippen LogP contribution in [0.3, 0.4) is 0 Å². The van der Waals surface area contributed by atoms with Crippen LogP contribution in [-0.4, -0.2) is 24.8 Å². The van der Waals surface area contributed by atoms with Gasteiger partial charge in [-0.15, -0.1) is 0 Å². The van der Waals surface area contributed by atoms with Gasteiger partial charge in [-0.2, -0.15) is 0 Å². The van der Waals surface area contributed by atoms with Crippen LogP contribution in [0.1, 0.15) is 18.9 Å². The van der Waals surface area contributed by atoms with Crippen LogP contribution < -0.4 is 14.4 Å². The van der Waals surface area contributed by atoms with E-state index in [4.69, 9.17) is 14.5 Å². The van der Waals surface area contributed by atoms with Crippen LogP contribution in [0.2, 0.25) is 0 Å². The average molecular weight is 445 g/mol. The molecule has 1 aliphatic rings. The fraction of sp³-hybridized carbons (Fsp3) is 0.154. The Kier molecular flexibility index (Phi) is 6.92. The zero-order chi connectivity index (χ0) is 22.3. The summed E-state index contributed by atoms with van der Waals surface area (Å²) in [7, 11) is 1.61. The van der Waals surface area contributed by atoms with Crippen molar-refractivity contribution < 1.29 is 14.3 Å². The SMILES string of the molecule is CCCOc1ccc(/C=C2\SC(=Nc3ccccc3)N(c3ccccc3)C2=O)cc1OC. The van der Waals surface area contributed by atoms with Crippen LogP contribution in [0.4, 0.5) is 11.4 Å². The molecule has 1 heterocycles. The van der Waals surface area contributed by atoms with Gasteiger partial charge >= 0.3 is 0 Å². The molecule has 0 spiro atoms. The van der Waals surface area contributed by atoms with Crippen LogP contribution in [0.5, 0.6) is 11.5 Å². The second-order valence-corrected chi connectivity index (χ2v) is 8.08. The van der Waals surface area contributed by atoms with Gasteiger partial charge in [0.05, 0.1) is 30.0 Å². The summed E-state index contributed by atoms with van der Waals surface area (Å²) in [5.41, 5.74) is 2.43. The summed E-state index contributed by atoms with van der Waals surface area (Å²) in [6.45, 7) is 2.68. The molecule has 0 saturated carbocycles. The Labute approximate surface area is 192 Å². The van der Waals surface area contributed by atoms with E-state index in [0.717, 1.165) is 23.4 Å². The molecule has 0 bridgehead atoms. The number of carbonyl (C=O) groups excluding carboxylic acids is 1. The summed E-state index contributed by atoms with van der Waals surface area (Å²) in [5.74, 6) is 1.22. The van der Waals surface area contributed by atoms with Gasteiger partial charge < -0.3 is 9.47 Å². The number of rotatable bonds is 7. The van der Waals surface area contributed by atoms with E-state index in [1.807, 2.05) is 84.9 Å². The van der Waals surface area contributed by atoms with Crippen molar-refractivity contribution >= 4 is 40.3 Å². The van der Waals surface area contributed by atoms with Crippen molar-refractivity contribution in [3.8, 4) is 11.5 Å². The van der Waals surface area contributed by atoms with Crippen LogP contribution in [0.15, 0.2) is 88.8 Å². The van der Waals surface area contributed by atoms with Gasteiger partial charge in [0, 0.05) is 0 Å². The van der Waals surface area contributed by atoms with Gasteiger partial charge in [0.2, 0.25) is 0 Å². The molecule has 0 aliphatic carbocycles. The number of para-hydroxylation sites is 2. The van der Waals surface area contributed by atoms with E-state index in [-0.39, 0.29) is 5.91 Å². The number of nitrogens with zero attached hydrogens (tertiary/aromatic N) is 2. The number of anilines is 1. The number of amides is 1. The van der Waals surface area contributed by atoms with E-state index >= 15 is 0 Å². The number of carbonyl (C=O) groups is 1. The van der Waals surface area contributed by atoms with E-state index in [1.54, 1.807) is 12.0 Å². The molecule has 3 aromatic carbocycles. The summed E-state index contributed by atoms with van der Waals surface area (Å²) in [6.07, 6.45) is 2.78. The van der Waals surface area contributed by atoms with Gasteiger partial charge in [0.15, 0.2) is 16.7 Å². The highest BCUT2D eigenvalue weighted by Crippen LogP contribution is 2.38. The zero-order valence-electron chi connectivity index (χ0n) is 18.0. The normalized spacial score (nSPS) is 16.1. The molecule has 1 amide bonds. The first-order valence-electron chi connectivity index (χ1n) is 10.4. The Bertz CT molecular complexity index is 1140. The van der Waals surface area contributed by atoms with Crippen molar-refractivity contribution in [1.29, 1.82) is 0 Å². The molecule has 0 N–H and O–H groups in total. The highest BCUT2D eigenvalue weighted by molar-refractivity contribution is 8.19. The molecule has 1 saturated heterocycles. The highest BCUT2D eigenvalue weighted by Gasteiger charge is 2.34. The van der Waals surface area contributed by atoms with Crippen molar-refractivity contribution in [1.82, 2.24) is 0 Å². The minimum atomic E-state index is -0.110. The molecule has 0 atom stereocenters. The number of ether oxygens (including phenoxy) is 2. The smallest absolute Gasteiger partial charge is 0.271 e. The molecule has 0 unspecified atom stereocenters. The first-order chi connectivity index (χ1) is 15.7. The van der Waals surface area contributed by atoms with Gasteiger partial charge in [-0.25, -0.2) is 4.99 Å². The Morgan fingerprint density at radius 2 is 1.69 bits per heavy atom. The zero-order valence-corrected chi connectivity index (χ0v) is 18.8. The Morgan fingerprint density at radius 1 is 0.969 bits per heavy atom. The second-order valence-electron chi connectivity index (χ2n) is 7.08. The largest absolute Gasteiger partial charge is 0.493 e. The molecule has 4 rings (SSSR count). The van der Waals surface area contributed by atoms with E-state index < -0.39 is 0 Å². The van der Waals surface area contributed by atoms with Crippen molar-refractivity contribution in [3.63, 3.8) is 0 Å². The van der Waals surface area contributed by atoms with E-state index in [0.29, 0.717) is 28.2 Å². The van der Waals surface area contributed by atoms with Crippen LogP contribution in [0, 0.1) is 0 Å². The fourth-order valence-electron chi connectivity index (χ4n) is 3.22. The van der Waals surface area contributed by atoms with Crippen molar-refractivity contribution in [3.05, 3.63) is 89.3 Å². The summed E-state index contributed by atoms with van der Waals surface area (Å²) >= 11 is 1.36. The molecule has 162 valence electrons. The number of benzene rings is 3. The van der Waals surface area contributed by atoms with E-state index in [9.17, 15) is 4.79 Å². The van der Waals surface area contributed by atoms with Gasteiger partial charge in [-0.05, 0) is 66.2 Å². The van der Waals surface area contributed by atoms with Crippen LogP contribution in [-0.2, 0) is 4.79 Å². The first-order valence-corrected chi connectivity index (χ1v) is 11.2. The quantitative estimate of drug-likeness (QED) is 0.402. The maximum Gasteiger partial charge on any atom is 0.271 e. The molecule has 3 aromatic rings. The number of aliphatic imine (C=N–C) groups is 1. The summed E-state index contributed by atoms with van der Waals surface area (Å²) in [4.78, 5) is 20.4. The number of hydrogen-bond donors (Lipinski definition) is 0. The number of amidine groups is 1. The van der Waals surface area contributed by atoms with Crippen LogP contribution in [0.25, 0.3) is 6.08 Å². The molecule has 1 aliphatic heterocycles. The molecule has 0 aromatic heterocycles. The van der Waals surface area contributed by atoms with Crippen molar-refractivity contribution in [2.24, 2.45) is 4.99 Å². The lowest BCUT2D eigenvalue weighted by atomic mass is 10.1. The van der Waals surface area contributed by atoms with Gasteiger partial charge in [-0.1, -0.05) is 49.4 Å². The topological polar surface area (TPSA) is 51.1 Å². The van der Waals surface area contributed by atoms with Crippen molar-refractivity contribution in [2.75, 3.05) is 18.6 Å². The van der Waals surface area contributed by atoms with E-state index in [2.05, 4.69) is 6.92 Å². The monoisotopic (exact) mass is 444 g/mol. The lowest BCUT2D eigenvalue weighted by Gasteiger charge is -2.15. The van der Waals surface area contributed by atoms with Gasteiger partial charge in [-0.3, -0.25) is 9.69 Å². The third-order valence-electron chi connectivity index (χ3n) is 4.75. The van der Waals surface area contributed by atoms with Crippen molar-refractivity contribution in [2.45, 2.75) is 13.3 Å². The third kappa shape index (κ3) is 4.86. The molecule has 0 radical (unpaired) electrons. The lowest BCUT2D eigenvalue weighted by molar-refractivity contribution is -0.113. The molecule has 1 fully saturated rings. The first kappa shape index (κ1) is 21.7. The summed E-state index contributed by atoms with van der Waals surface area (Å²) < 4.78 is 11.2. The highest BCUT2D eigenvalue weighted by atomic mass is 32.2. The summed E-state index contributed by atoms with van der Waals surface area (Å²) in [5, 5.41) is 0.619. The fourth-order valence-corrected chi connectivity index (χ4v) is 4.22. The maximum atomic E-state index is 13.4.